The van der Waals surface area contributed by atoms with Crippen molar-refractivity contribution in [2.24, 2.45) is 10.9 Å². The third kappa shape index (κ3) is 2.28. The third-order valence-corrected chi connectivity index (χ3v) is 5.08. The summed E-state index contributed by atoms with van der Waals surface area (Å²) in [5.74, 6) is 1.42. The Kier molecular flexibility index (Phi) is 3.33. The predicted octanol–water partition coefficient (Wildman–Crippen LogP) is 3.31. The predicted molar refractivity (Wildman–Crippen MR) is 86.0 cm³/mol. The molecule has 1 unspecified atom stereocenters. The number of aromatic nitrogens is 2. The van der Waals surface area contributed by atoms with E-state index in [9.17, 15) is 4.39 Å². The van der Waals surface area contributed by atoms with Gasteiger partial charge in [0.05, 0.1) is 18.6 Å². The lowest BCUT2D eigenvalue weighted by atomic mass is 9.80. The molecule has 2 heterocycles. The van der Waals surface area contributed by atoms with Gasteiger partial charge in [0.15, 0.2) is 5.15 Å². The summed E-state index contributed by atoms with van der Waals surface area (Å²) in [6.45, 7) is 3.28. The van der Waals surface area contributed by atoms with Crippen LogP contribution in [0, 0.1) is 18.7 Å². The second-order valence-electron chi connectivity index (χ2n) is 6.30. The molecule has 1 fully saturated rings. The van der Waals surface area contributed by atoms with E-state index in [4.69, 9.17) is 11.6 Å². The van der Waals surface area contributed by atoms with Crippen molar-refractivity contribution >= 4 is 28.3 Å². The zero-order valence-corrected chi connectivity index (χ0v) is 13.2. The Morgan fingerprint density at radius 3 is 2.95 bits per heavy atom. The molecule has 6 heteroatoms. The Hall–Kier alpha value is -1.62. The van der Waals surface area contributed by atoms with Crippen LogP contribution in [0.1, 0.15) is 24.8 Å². The monoisotopic (exact) mass is 320 g/mol. The Morgan fingerprint density at radius 1 is 1.41 bits per heavy atom. The van der Waals surface area contributed by atoms with Gasteiger partial charge in [-0.05, 0) is 43.4 Å². The van der Waals surface area contributed by atoms with E-state index in [-0.39, 0.29) is 5.82 Å². The fraction of sp³-hybridized carbons (Fsp3) is 0.500. The highest BCUT2D eigenvalue weighted by atomic mass is 35.5. The number of fused-ring (bicyclic) bond motifs is 1. The maximum Gasteiger partial charge on any atom is 0.159 e. The van der Waals surface area contributed by atoms with Gasteiger partial charge in [-0.1, -0.05) is 18.0 Å². The average Bonchev–Trinajstić information content (AvgIpc) is 2.94. The van der Waals surface area contributed by atoms with Gasteiger partial charge in [0.2, 0.25) is 0 Å². The molecular weight excluding hydrogens is 303 g/mol. The van der Waals surface area contributed by atoms with Crippen molar-refractivity contribution in [2.45, 2.75) is 38.8 Å². The summed E-state index contributed by atoms with van der Waals surface area (Å²) < 4.78 is 15.4. The van der Waals surface area contributed by atoms with Gasteiger partial charge < -0.3 is 5.32 Å². The molecule has 1 aromatic heterocycles. The van der Waals surface area contributed by atoms with E-state index >= 15 is 0 Å². The average molecular weight is 321 g/mol. The molecule has 1 aliphatic heterocycles. The highest BCUT2D eigenvalue weighted by Crippen LogP contribution is 2.31. The highest BCUT2D eigenvalue weighted by molar-refractivity contribution is 6.34. The van der Waals surface area contributed by atoms with Gasteiger partial charge in [0.25, 0.3) is 0 Å². The molecule has 2 aliphatic rings. The smallest absolute Gasteiger partial charge is 0.159 e. The summed E-state index contributed by atoms with van der Waals surface area (Å²) >= 11 is 6.16. The topological polar surface area (TPSA) is 42.2 Å². The first-order valence-electron chi connectivity index (χ1n) is 7.74. The molecule has 116 valence electrons. The van der Waals surface area contributed by atoms with E-state index in [1.165, 1.54) is 31.4 Å². The second-order valence-corrected chi connectivity index (χ2v) is 6.65. The first kappa shape index (κ1) is 14.0. The molecule has 4 nitrogen and oxygen atoms in total. The molecular formula is C16H18ClFN4. The first-order chi connectivity index (χ1) is 10.6. The summed E-state index contributed by atoms with van der Waals surface area (Å²) in [6, 6.07) is 3.42. The number of aliphatic imine (C=N–C) groups is 1. The number of nitrogens with one attached hydrogen (secondary N) is 1. The van der Waals surface area contributed by atoms with Crippen LogP contribution in [0.15, 0.2) is 17.1 Å². The highest BCUT2D eigenvalue weighted by Gasteiger charge is 2.30. The SMILES string of the molecule is Cc1cc(F)cc2c(Cl)nn(CC3=NCC(C4CCC4)N3)c12. The number of halogens is 2. The van der Waals surface area contributed by atoms with Crippen molar-refractivity contribution in [3.05, 3.63) is 28.7 Å². The number of hydrogen-bond acceptors (Lipinski definition) is 3. The van der Waals surface area contributed by atoms with Crippen LogP contribution < -0.4 is 5.32 Å². The van der Waals surface area contributed by atoms with E-state index in [1.54, 1.807) is 0 Å². The van der Waals surface area contributed by atoms with E-state index < -0.39 is 0 Å². The Labute approximate surface area is 133 Å². The molecule has 1 aliphatic carbocycles. The number of benzene rings is 1. The summed E-state index contributed by atoms with van der Waals surface area (Å²) in [6.07, 6.45) is 3.94. The van der Waals surface area contributed by atoms with E-state index in [2.05, 4.69) is 15.4 Å². The van der Waals surface area contributed by atoms with Crippen LogP contribution in [0.5, 0.6) is 0 Å². The Bertz CT molecular complexity index is 763. The van der Waals surface area contributed by atoms with Crippen LogP contribution in [0.25, 0.3) is 10.9 Å². The summed E-state index contributed by atoms with van der Waals surface area (Å²) in [5, 5.41) is 8.87. The van der Waals surface area contributed by atoms with Gasteiger partial charge >= 0.3 is 0 Å². The molecule has 0 amide bonds. The summed E-state index contributed by atoms with van der Waals surface area (Å²) in [4.78, 5) is 4.61. The first-order valence-corrected chi connectivity index (χ1v) is 8.11. The molecule has 1 saturated carbocycles. The summed E-state index contributed by atoms with van der Waals surface area (Å²) in [5.41, 5.74) is 1.71. The standard InChI is InChI=1S/C16H18ClFN4/c1-9-5-11(18)6-12-15(9)22(21-16(12)17)8-14-19-7-13(20-14)10-3-2-4-10/h5-6,10,13H,2-4,7-8H2,1H3,(H,19,20). The van der Waals surface area contributed by atoms with Gasteiger partial charge in [-0.25, -0.2) is 4.39 Å². The molecule has 2 aromatic rings. The molecule has 0 bridgehead atoms. The normalized spacial score (nSPS) is 21.8. The van der Waals surface area contributed by atoms with Crippen molar-refractivity contribution in [3.63, 3.8) is 0 Å². The lowest BCUT2D eigenvalue weighted by Gasteiger charge is -2.31. The Balaban J connectivity index is 1.60. The van der Waals surface area contributed by atoms with Gasteiger partial charge in [0.1, 0.15) is 11.7 Å². The lowest BCUT2D eigenvalue weighted by Crippen LogP contribution is -2.41. The fourth-order valence-electron chi connectivity index (χ4n) is 3.42. The number of rotatable bonds is 3. The minimum absolute atomic E-state index is 0.284. The zero-order chi connectivity index (χ0) is 15.3. The molecule has 1 aromatic carbocycles. The van der Waals surface area contributed by atoms with Gasteiger partial charge in [-0.15, -0.1) is 0 Å². The van der Waals surface area contributed by atoms with Crippen LogP contribution >= 0.6 is 11.6 Å². The Morgan fingerprint density at radius 2 is 2.23 bits per heavy atom. The molecule has 0 spiro atoms. The molecule has 1 N–H and O–H groups in total. The maximum absolute atomic E-state index is 13.5. The number of amidine groups is 1. The van der Waals surface area contributed by atoms with Crippen LogP contribution in [0.4, 0.5) is 4.39 Å². The molecule has 0 radical (unpaired) electrons. The lowest BCUT2D eigenvalue weighted by molar-refractivity contribution is 0.257. The van der Waals surface area contributed by atoms with Crippen LogP contribution in [-0.4, -0.2) is 28.2 Å². The van der Waals surface area contributed by atoms with Crippen LogP contribution in [0.3, 0.4) is 0 Å². The summed E-state index contributed by atoms with van der Waals surface area (Å²) in [7, 11) is 0. The van der Waals surface area contributed by atoms with E-state index in [0.29, 0.717) is 23.1 Å². The van der Waals surface area contributed by atoms with E-state index in [1.807, 2.05) is 11.6 Å². The minimum atomic E-state index is -0.284. The van der Waals surface area contributed by atoms with Crippen molar-refractivity contribution in [3.8, 4) is 0 Å². The van der Waals surface area contributed by atoms with Crippen molar-refractivity contribution in [2.75, 3.05) is 6.54 Å². The maximum atomic E-state index is 13.5. The number of nitrogens with zero attached hydrogens (tertiary/aromatic N) is 3. The third-order valence-electron chi connectivity index (χ3n) is 4.80. The van der Waals surface area contributed by atoms with Crippen molar-refractivity contribution in [1.29, 1.82) is 0 Å². The molecule has 1 atom stereocenters. The van der Waals surface area contributed by atoms with Gasteiger partial charge in [-0.2, -0.15) is 5.10 Å². The molecule has 4 rings (SSSR count). The van der Waals surface area contributed by atoms with Gasteiger partial charge in [-0.3, -0.25) is 9.67 Å². The molecule has 0 saturated heterocycles. The molecule has 22 heavy (non-hydrogen) atoms. The number of aryl methyl sites for hydroxylation is 1. The van der Waals surface area contributed by atoms with E-state index in [0.717, 1.165) is 29.4 Å². The second kappa shape index (κ2) is 5.23. The van der Waals surface area contributed by atoms with Crippen LogP contribution in [-0.2, 0) is 6.54 Å². The van der Waals surface area contributed by atoms with Crippen LogP contribution in [0.2, 0.25) is 5.15 Å². The zero-order valence-electron chi connectivity index (χ0n) is 12.4. The number of hydrogen-bond donors (Lipinski definition) is 1. The largest absolute Gasteiger partial charge is 0.367 e. The quantitative estimate of drug-likeness (QED) is 0.942. The van der Waals surface area contributed by atoms with Crippen molar-refractivity contribution < 1.29 is 4.39 Å². The van der Waals surface area contributed by atoms with Crippen molar-refractivity contribution in [1.82, 2.24) is 15.1 Å². The minimum Gasteiger partial charge on any atom is -0.367 e. The van der Waals surface area contributed by atoms with Gasteiger partial charge in [0, 0.05) is 11.4 Å². The fourth-order valence-corrected chi connectivity index (χ4v) is 3.66.